The second-order valence-corrected chi connectivity index (χ2v) is 3.50. The number of hydrazine groups is 1. The van der Waals surface area contributed by atoms with E-state index in [1.165, 1.54) is 13.3 Å². The van der Waals surface area contributed by atoms with Gasteiger partial charge in [0.15, 0.2) is 0 Å². The van der Waals surface area contributed by atoms with Gasteiger partial charge in [0, 0.05) is 12.6 Å². The van der Waals surface area contributed by atoms with Crippen molar-refractivity contribution in [2.24, 2.45) is 0 Å². The minimum absolute atomic E-state index is 0.151. The van der Waals surface area contributed by atoms with Gasteiger partial charge in [0.1, 0.15) is 12.1 Å². The zero-order valence-electron chi connectivity index (χ0n) is 9.17. The van der Waals surface area contributed by atoms with E-state index in [1.807, 2.05) is 0 Å². The Hall–Kier alpha value is -1.93. The van der Waals surface area contributed by atoms with Crippen molar-refractivity contribution >= 4 is 11.9 Å². The monoisotopic (exact) mass is 242 g/mol. The van der Waals surface area contributed by atoms with Crippen LogP contribution < -0.4 is 10.9 Å². The summed E-state index contributed by atoms with van der Waals surface area (Å²) in [6.45, 7) is 1.41. The molecule has 0 radical (unpaired) electrons. The molecule has 0 aliphatic carbocycles. The molecule has 8 heteroatoms. The predicted octanol–water partition coefficient (Wildman–Crippen LogP) is -1.03. The van der Waals surface area contributed by atoms with Gasteiger partial charge in [-0.15, -0.1) is 0 Å². The molecule has 8 nitrogen and oxygen atoms in total. The average molecular weight is 242 g/mol. The zero-order chi connectivity index (χ0) is 12.8. The third kappa shape index (κ3) is 4.21. The van der Waals surface area contributed by atoms with Crippen LogP contribution in [0.5, 0.6) is 0 Å². The predicted molar refractivity (Wildman–Crippen MR) is 57.1 cm³/mol. The van der Waals surface area contributed by atoms with Crippen molar-refractivity contribution in [2.45, 2.75) is 25.4 Å². The van der Waals surface area contributed by atoms with Crippen molar-refractivity contribution in [1.82, 2.24) is 20.8 Å². The molecule has 0 saturated heterocycles. The number of hydrogen-bond acceptors (Lipinski definition) is 5. The second-order valence-electron chi connectivity index (χ2n) is 3.50. The summed E-state index contributed by atoms with van der Waals surface area (Å²) in [6.07, 6.45) is 3.18. The van der Waals surface area contributed by atoms with Crippen LogP contribution in [-0.2, 0) is 16.0 Å². The summed E-state index contributed by atoms with van der Waals surface area (Å²) in [7, 11) is 0. The number of nitrogens with one attached hydrogen (secondary N) is 3. The van der Waals surface area contributed by atoms with Crippen LogP contribution in [-0.4, -0.2) is 44.2 Å². The third-order valence-corrected chi connectivity index (χ3v) is 2.11. The number of aromatic amines is 1. The SMILES string of the molecule is C[C@H](NN[C@@H](Cc1c[nH]cn1)C(=O)O)C(=O)O. The van der Waals surface area contributed by atoms with Crippen LogP contribution in [0.3, 0.4) is 0 Å². The Balaban J connectivity index is 2.49. The Morgan fingerprint density at radius 2 is 2.12 bits per heavy atom. The molecule has 17 heavy (non-hydrogen) atoms. The van der Waals surface area contributed by atoms with Gasteiger partial charge in [-0.2, -0.15) is 0 Å². The summed E-state index contributed by atoms with van der Waals surface area (Å²) in [4.78, 5) is 28.1. The molecular weight excluding hydrogens is 228 g/mol. The molecule has 1 aromatic heterocycles. The summed E-state index contributed by atoms with van der Waals surface area (Å²) >= 11 is 0. The Morgan fingerprint density at radius 3 is 2.59 bits per heavy atom. The molecule has 0 amide bonds. The lowest BCUT2D eigenvalue weighted by Gasteiger charge is -2.16. The first-order valence-electron chi connectivity index (χ1n) is 4.95. The lowest BCUT2D eigenvalue weighted by Crippen LogP contribution is -2.52. The van der Waals surface area contributed by atoms with Gasteiger partial charge in [-0.25, -0.2) is 15.8 Å². The molecule has 0 unspecified atom stereocenters. The van der Waals surface area contributed by atoms with Crippen LogP contribution in [0.4, 0.5) is 0 Å². The van der Waals surface area contributed by atoms with Crippen molar-refractivity contribution in [2.75, 3.05) is 0 Å². The molecule has 1 rings (SSSR count). The number of carboxylic acids is 2. The number of nitrogens with zero attached hydrogens (tertiary/aromatic N) is 1. The number of aliphatic carboxylic acids is 2. The molecule has 0 bridgehead atoms. The fourth-order valence-electron chi connectivity index (χ4n) is 1.10. The minimum atomic E-state index is -1.09. The number of carbonyl (C=O) groups is 2. The first-order valence-corrected chi connectivity index (χ1v) is 4.95. The molecule has 0 aliphatic rings. The lowest BCUT2D eigenvalue weighted by atomic mass is 10.2. The lowest BCUT2D eigenvalue weighted by molar-refractivity contribution is -0.142. The normalized spacial score (nSPS) is 14.2. The first-order chi connectivity index (χ1) is 8.00. The maximum absolute atomic E-state index is 10.9. The largest absolute Gasteiger partial charge is 0.480 e. The number of imidazole rings is 1. The number of hydrogen-bond donors (Lipinski definition) is 5. The van der Waals surface area contributed by atoms with Crippen molar-refractivity contribution in [3.05, 3.63) is 18.2 Å². The number of rotatable bonds is 7. The summed E-state index contributed by atoms with van der Waals surface area (Å²) in [5.74, 6) is -2.15. The summed E-state index contributed by atoms with van der Waals surface area (Å²) < 4.78 is 0. The molecule has 0 saturated carbocycles. The molecule has 2 atom stereocenters. The molecule has 0 fully saturated rings. The zero-order valence-corrected chi connectivity index (χ0v) is 9.17. The van der Waals surface area contributed by atoms with Crippen LogP contribution in [0.1, 0.15) is 12.6 Å². The highest BCUT2D eigenvalue weighted by atomic mass is 16.4. The van der Waals surface area contributed by atoms with E-state index in [1.54, 1.807) is 6.20 Å². The van der Waals surface area contributed by atoms with Crippen LogP contribution >= 0.6 is 0 Å². The third-order valence-electron chi connectivity index (χ3n) is 2.11. The smallest absolute Gasteiger partial charge is 0.322 e. The minimum Gasteiger partial charge on any atom is -0.480 e. The fraction of sp³-hybridized carbons (Fsp3) is 0.444. The van der Waals surface area contributed by atoms with Crippen molar-refractivity contribution in [1.29, 1.82) is 0 Å². The average Bonchev–Trinajstić information content (AvgIpc) is 2.75. The molecule has 0 aromatic carbocycles. The highest BCUT2D eigenvalue weighted by Crippen LogP contribution is 1.98. The van der Waals surface area contributed by atoms with Gasteiger partial charge in [-0.05, 0) is 6.92 Å². The van der Waals surface area contributed by atoms with Gasteiger partial charge in [0.05, 0.1) is 12.0 Å². The van der Waals surface area contributed by atoms with E-state index in [4.69, 9.17) is 10.2 Å². The van der Waals surface area contributed by atoms with Gasteiger partial charge in [0.25, 0.3) is 0 Å². The number of carboxylic acid groups (broad SMARTS) is 2. The van der Waals surface area contributed by atoms with Gasteiger partial charge >= 0.3 is 11.9 Å². The van der Waals surface area contributed by atoms with Crippen LogP contribution in [0.2, 0.25) is 0 Å². The molecule has 94 valence electrons. The fourth-order valence-corrected chi connectivity index (χ4v) is 1.10. The maximum Gasteiger partial charge on any atom is 0.322 e. The summed E-state index contributed by atoms with van der Waals surface area (Å²) in [5.41, 5.74) is 5.44. The Morgan fingerprint density at radius 1 is 1.41 bits per heavy atom. The van der Waals surface area contributed by atoms with Crippen molar-refractivity contribution in [3.63, 3.8) is 0 Å². The van der Waals surface area contributed by atoms with E-state index in [2.05, 4.69) is 20.8 Å². The van der Waals surface area contributed by atoms with E-state index in [0.29, 0.717) is 5.69 Å². The molecule has 0 aliphatic heterocycles. The summed E-state index contributed by atoms with van der Waals surface area (Å²) in [6, 6.07) is -1.82. The molecular formula is C9H14N4O4. The van der Waals surface area contributed by atoms with Gasteiger partial charge in [-0.3, -0.25) is 9.59 Å². The van der Waals surface area contributed by atoms with Crippen LogP contribution in [0.15, 0.2) is 12.5 Å². The number of aromatic nitrogens is 2. The quantitative estimate of drug-likeness (QED) is 0.387. The summed E-state index contributed by atoms with van der Waals surface area (Å²) in [5, 5.41) is 17.6. The molecule has 1 aromatic rings. The van der Waals surface area contributed by atoms with Crippen molar-refractivity contribution < 1.29 is 19.8 Å². The highest BCUT2D eigenvalue weighted by Gasteiger charge is 2.20. The van der Waals surface area contributed by atoms with Gasteiger partial charge in [-0.1, -0.05) is 0 Å². The topological polar surface area (TPSA) is 127 Å². The second kappa shape index (κ2) is 5.97. The van der Waals surface area contributed by atoms with E-state index in [9.17, 15) is 9.59 Å². The van der Waals surface area contributed by atoms with Gasteiger partial charge in [0.2, 0.25) is 0 Å². The first kappa shape index (κ1) is 13.1. The molecule has 1 heterocycles. The van der Waals surface area contributed by atoms with E-state index < -0.39 is 24.0 Å². The van der Waals surface area contributed by atoms with E-state index >= 15 is 0 Å². The number of H-pyrrole nitrogens is 1. The molecule has 0 spiro atoms. The molecule has 5 N–H and O–H groups in total. The van der Waals surface area contributed by atoms with Gasteiger partial charge < -0.3 is 15.2 Å². The van der Waals surface area contributed by atoms with E-state index in [0.717, 1.165) is 0 Å². The van der Waals surface area contributed by atoms with Crippen molar-refractivity contribution in [3.8, 4) is 0 Å². The van der Waals surface area contributed by atoms with Crippen LogP contribution in [0, 0.1) is 0 Å². The Labute approximate surface area is 97.0 Å². The highest BCUT2D eigenvalue weighted by molar-refractivity contribution is 5.74. The maximum atomic E-state index is 10.9. The Bertz CT molecular complexity index is 378. The van der Waals surface area contributed by atoms with Crippen LogP contribution in [0.25, 0.3) is 0 Å². The van der Waals surface area contributed by atoms with E-state index in [-0.39, 0.29) is 6.42 Å². The standard InChI is InChI=1S/C9H14N4O4/c1-5(8(14)15)12-13-7(9(16)17)2-6-3-10-4-11-6/h3-5,7,12-13H,2H2,1H3,(H,10,11)(H,14,15)(H,16,17)/t5-,7-/m0/s1. The Kier molecular flexibility index (Phi) is 4.61.